The second-order valence-corrected chi connectivity index (χ2v) is 7.91. The van der Waals surface area contributed by atoms with Crippen LogP contribution in [0.3, 0.4) is 0 Å². The van der Waals surface area contributed by atoms with E-state index in [0.29, 0.717) is 11.1 Å². The SMILES string of the molecule is COc1cc([C@H](CO)[C@@H](O[C@@H]2O[C@@H](CO)[C@@H](O)[C@@H](O)[C@H]2O)c2ccc(O)c(OC)c2)ccc1O. The Labute approximate surface area is 196 Å². The predicted octanol–water partition coefficient (Wildman–Crippen LogP) is -0.251. The molecule has 7 atom stereocenters. The molecule has 0 spiro atoms. The van der Waals surface area contributed by atoms with Crippen molar-refractivity contribution >= 4 is 0 Å². The first-order chi connectivity index (χ1) is 16.2. The first-order valence-electron chi connectivity index (χ1n) is 10.6. The largest absolute Gasteiger partial charge is 0.504 e. The number of aromatic hydroxyl groups is 2. The van der Waals surface area contributed by atoms with Crippen LogP contribution in [0.2, 0.25) is 0 Å². The van der Waals surface area contributed by atoms with Crippen LogP contribution >= 0.6 is 0 Å². The molecule has 11 heteroatoms. The van der Waals surface area contributed by atoms with Crippen LogP contribution in [0, 0.1) is 0 Å². The Morgan fingerprint density at radius 1 is 0.824 bits per heavy atom. The van der Waals surface area contributed by atoms with Crippen molar-refractivity contribution in [2.75, 3.05) is 27.4 Å². The summed E-state index contributed by atoms with van der Waals surface area (Å²) < 4.78 is 21.9. The highest BCUT2D eigenvalue weighted by Crippen LogP contribution is 2.41. The molecule has 0 saturated carbocycles. The Kier molecular flexibility index (Phi) is 8.55. The van der Waals surface area contributed by atoms with E-state index in [4.69, 9.17) is 18.9 Å². The fourth-order valence-corrected chi connectivity index (χ4v) is 3.90. The topological polar surface area (TPSA) is 179 Å². The van der Waals surface area contributed by atoms with Crippen LogP contribution in [0.1, 0.15) is 23.1 Å². The molecule has 3 rings (SSSR count). The van der Waals surface area contributed by atoms with E-state index in [1.165, 1.54) is 44.6 Å². The molecule has 0 aromatic heterocycles. The maximum absolute atomic E-state index is 10.5. The highest BCUT2D eigenvalue weighted by Gasteiger charge is 2.45. The van der Waals surface area contributed by atoms with Crippen LogP contribution < -0.4 is 9.47 Å². The summed E-state index contributed by atoms with van der Waals surface area (Å²) in [5.41, 5.74) is 0.913. The highest BCUT2D eigenvalue weighted by atomic mass is 16.7. The summed E-state index contributed by atoms with van der Waals surface area (Å²) >= 11 is 0. The number of benzene rings is 2. The predicted molar refractivity (Wildman–Crippen MR) is 117 cm³/mol. The van der Waals surface area contributed by atoms with E-state index < -0.39 is 55.9 Å². The second-order valence-electron chi connectivity index (χ2n) is 7.91. The lowest BCUT2D eigenvalue weighted by molar-refractivity contribution is -0.314. The number of rotatable bonds is 9. The van der Waals surface area contributed by atoms with Gasteiger partial charge in [0.1, 0.15) is 24.4 Å². The Balaban J connectivity index is 2.05. The summed E-state index contributed by atoms with van der Waals surface area (Å²) in [5, 5.41) is 70.5. The lowest BCUT2D eigenvalue weighted by atomic mass is 9.88. The van der Waals surface area contributed by atoms with E-state index in [1.54, 1.807) is 6.07 Å². The van der Waals surface area contributed by atoms with E-state index in [-0.39, 0.29) is 23.0 Å². The molecule has 0 amide bonds. The first-order valence-corrected chi connectivity index (χ1v) is 10.6. The number of ether oxygens (including phenoxy) is 4. The quantitative estimate of drug-likeness (QED) is 0.251. The van der Waals surface area contributed by atoms with Gasteiger partial charge >= 0.3 is 0 Å². The van der Waals surface area contributed by atoms with Crippen LogP contribution in [0.4, 0.5) is 0 Å². The van der Waals surface area contributed by atoms with E-state index in [9.17, 15) is 35.7 Å². The number of phenols is 2. The van der Waals surface area contributed by atoms with Crippen LogP contribution in [0.5, 0.6) is 23.0 Å². The molecule has 11 nitrogen and oxygen atoms in total. The summed E-state index contributed by atoms with van der Waals surface area (Å²) in [7, 11) is 2.74. The molecule has 1 fully saturated rings. The molecule has 1 aliphatic heterocycles. The van der Waals surface area contributed by atoms with Crippen molar-refractivity contribution in [3.05, 3.63) is 47.5 Å². The standard InChI is InChI=1S/C23H30O11/c1-31-16-7-11(3-5-14(16)26)13(9-24)22(12-4-6-15(27)17(8-12)32-2)34-23-21(30)20(29)19(28)18(10-25)33-23/h3-8,13,18-30H,9-10H2,1-2H3/t13-,18-,19+,20+,21+,22-,23-/m0/s1. The third-order valence-electron chi connectivity index (χ3n) is 5.86. The molecule has 0 unspecified atom stereocenters. The molecular formula is C23H30O11. The van der Waals surface area contributed by atoms with Gasteiger partial charge in [0, 0.05) is 5.92 Å². The average Bonchev–Trinajstić information content (AvgIpc) is 2.85. The van der Waals surface area contributed by atoms with Gasteiger partial charge in [0.25, 0.3) is 0 Å². The van der Waals surface area contributed by atoms with Gasteiger partial charge in [0.15, 0.2) is 29.3 Å². The minimum Gasteiger partial charge on any atom is -0.504 e. The van der Waals surface area contributed by atoms with Crippen molar-refractivity contribution in [1.29, 1.82) is 0 Å². The van der Waals surface area contributed by atoms with Gasteiger partial charge in [-0.3, -0.25) is 0 Å². The smallest absolute Gasteiger partial charge is 0.187 e. The van der Waals surface area contributed by atoms with Gasteiger partial charge < -0.3 is 54.7 Å². The Hall–Kier alpha value is -2.64. The molecule has 1 heterocycles. The number of aliphatic hydroxyl groups excluding tert-OH is 5. The fourth-order valence-electron chi connectivity index (χ4n) is 3.90. The van der Waals surface area contributed by atoms with E-state index in [0.717, 1.165) is 0 Å². The zero-order valence-corrected chi connectivity index (χ0v) is 18.7. The van der Waals surface area contributed by atoms with Crippen molar-refractivity contribution in [3.63, 3.8) is 0 Å². The minimum absolute atomic E-state index is 0.111. The van der Waals surface area contributed by atoms with E-state index in [1.807, 2.05) is 0 Å². The molecule has 2 aromatic rings. The molecule has 34 heavy (non-hydrogen) atoms. The van der Waals surface area contributed by atoms with E-state index >= 15 is 0 Å². The maximum atomic E-state index is 10.5. The summed E-state index contributed by atoms with van der Waals surface area (Å²) in [6, 6.07) is 8.82. The second kappa shape index (κ2) is 11.2. The lowest BCUT2D eigenvalue weighted by Gasteiger charge is -2.42. The Morgan fingerprint density at radius 2 is 1.38 bits per heavy atom. The number of hydrogen-bond acceptors (Lipinski definition) is 11. The van der Waals surface area contributed by atoms with Gasteiger partial charge in [-0.15, -0.1) is 0 Å². The van der Waals surface area contributed by atoms with Gasteiger partial charge in [-0.1, -0.05) is 12.1 Å². The molecule has 1 aliphatic rings. The summed E-state index contributed by atoms with van der Waals surface area (Å²) in [5.74, 6) is -0.771. The molecular weight excluding hydrogens is 452 g/mol. The van der Waals surface area contributed by atoms with Crippen molar-refractivity contribution in [2.24, 2.45) is 0 Å². The molecule has 2 aromatic carbocycles. The molecule has 188 valence electrons. The van der Waals surface area contributed by atoms with Gasteiger partial charge in [-0.05, 0) is 35.4 Å². The Bertz CT molecular complexity index is 951. The summed E-state index contributed by atoms with van der Waals surface area (Å²) in [6.45, 7) is -1.10. The highest BCUT2D eigenvalue weighted by molar-refractivity contribution is 5.46. The molecule has 7 N–H and O–H groups in total. The zero-order valence-electron chi connectivity index (χ0n) is 18.7. The van der Waals surface area contributed by atoms with Gasteiger partial charge in [0.05, 0.1) is 33.5 Å². The number of aliphatic hydroxyl groups is 5. The number of phenolic OH excluding ortho intramolecular Hbond substituents is 2. The number of methoxy groups -OCH3 is 2. The third kappa shape index (κ3) is 5.20. The van der Waals surface area contributed by atoms with E-state index in [2.05, 4.69) is 0 Å². The van der Waals surface area contributed by atoms with Crippen LogP contribution in [-0.2, 0) is 9.47 Å². The number of hydrogen-bond donors (Lipinski definition) is 7. The van der Waals surface area contributed by atoms with Gasteiger partial charge in [-0.2, -0.15) is 0 Å². The van der Waals surface area contributed by atoms with Crippen LogP contribution in [0.15, 0.2) is 36.4 Å². The Morgan fingerprint density at radius 3 is 1.91 bits per heavy atom. The van der Waals surface area contributed by atoms with Crippen LogP contribution in [0.25, 0.3) is 0 Å². The molecule has 0 aliphatic carbocycles. The van der Waals surface area contributed by atoms with Crippen molar-refractivity contribution in [3.8, 4) is 23.0 Å². The van der Waals surface area contributed by atoms with Crippen LogP contribution in [-0.4, -0.2) is 93.9 Å². The third-order valence-corrected chi connectivity index (χ3v) is 5.86. The minimum atomic E-state index is -1.67. The summed E-state index contributed by atoms with van der Waals surface area (Å²) in [4.78, 5) is 0. The van der Waals surface area contributed by atoms with Gasteiger partial charge in [0.2, 0.25) is 0 Å². The molecule has 1 saturated heterocycles. The maximum Gasteiger partial charge on any atom is 0.187 e. The first kappa shape index (κ1) is 26.0. The zero-order chi connectivity index (χ0) is 25.0. The summed E-state index contributed by atoms with van der Waals surface area (Å²) in [6.07, 6.45) is -8.63. The van der Waals surface area contributed by atoms with Gasteiger partial charge in [-0.25, -0.2) is 0 Å². The van der Waals surface area contributed by atoms with Crippen molar-refractivity contribution in [1.82, 2.24) is 0 Å². The average molecular weight is 482 g/mol. The lowest BCUT2D eigenvalue weighted by Crippen LogP contribution is -2.59. The fraction of sp³-hybridized carbons (Fsp3) is 0.478. The molecule has 0 radical (unpaired) electrons. The normalized spacial score (nSPS) is 26.6. The monoisotopic (exact) mass is 482 g/mol. The van der Waals surface area contributed by atoms with Crippen molar-refractivity contribution in [2.45, 2.75) is 42.7 Å². The van der Waals surface area contributed by atoms with Crippen molar-refractivity contribution < 1.29 is 54.7 Å². The molecule has 0 bridgehead atoms.